The second kappa shape index (κ2) is 10.1. The molecule has 0 aliphatic rings. The Morgan fingerprint density at radius 3 is 2.53 bits per heavy atom. The number of carbonyl (C=O) groups excluding carboxylic acids is 2. The molecule has 2 aromatic carbocycles. The number of amides is 1. The molecule has 1 N–H and O–H groups in total. The van der Waals surface area contributed by atoms with Crippen molar-refractivity contribution in [2.45, 2.75) is 13.0 Å². The Kier molecular flexibility index (Phi) is 7.27. The minimum absolute atomic E-state index is 0.0956. The van der Waals surface area contributed by atoms with Gasteiger partial charge in [0.1, 0.15) is 11.3 Å². The summed E-state index contributed by atoms with van der Waals surface area (Å²) in [5, 5.41) is 3.56. The monoisotopic (exact) mass is 444 g/mol. The number of rotatable bonds is 7. The molecule has 3 rings (SSSR count). The van der Waals surface area contributed by atoms with E-state index in [1.165, 1.54) is 12.3 Å². The van der Waals surface area contributed by atoms with E-state index in [4.69, 9.17) is 32.7 Å². The van der Waals surface area contributed by atoms with Crippen LogP contribution in [0.5, 0.6) is 11.6 Å². The summed E-state index contributed by atoms with van der Waals surface area (Å²) < 4.78 is 10.8. The highest BCUT2D eigenvalue weighted by molar-refractivity contribution is 6.42. The van der Waals surface area contributed by atoms with E-state index >= 15 is 0 Å². The fraction of sp³-hybridized carbons (Fsp3) is 0.136. The number of nitrogens with zero attached hydrogens (tertiary/aromatic N) is 1. The molecule has 1 amide bonds. The number of benzene rings is 2. The first-order valence-corrected chi connectivity index (χ1v) is 9.79. The number of para-hydroxylation sites is 1. The first kappa shape index (κ1) is 21.6. The first-order chi connectivity index (χ1) is 14.4. The molecule has 0 spiro atoms. The second-order valence-electron chi connectivity index (χ2n) is 6.31. The fourth-order valence-electron chi connectivity index (χ4n) is 2.58. The molecule has 6 nitrogen and oxygen atoms in total. The Morgan fingerprint density at radius 1 is 1.03 bits per heavy atom. The third kappa shape index (κ3) is 5.72. The lowest BCUT2D eigenvalue weighted by Gasteiger charge is -2.15. The van der Waals surface area contributed by atoms with Crippen LogP contribution in [0.3, 0.4) is 0 Å². The molecular formula is C22H18Cl2N2O4. The molecule has 8 heteroatoms. The maximum atomic E-state index is 12.4. The largest absolute Gasteiger partial charge is 0.452 e. The number of halogens is 2. The Morgan fingerprint density at radius 2 is 1.80 bits per heavy atom. The second-order valence-corrected chi connectivity index (χ2v) is 7.12. The average molecular weight is 445 g/mol. The number of carbonyl (C=O) groups is 2. The van der Waals surface area contributed by atoms with Crippen LogP contribution in [0.25, 0.3) is 0 Å². The van der Waals surface area contributed by atoms with Gasteiger partial charge in [-0.3, -0.25) is 4.79 Å². The molecule has 1 heterocycles. The number of pyridine rings is 1. The van der Waals surface area contributed by atoms with E-state index in [1.807, 2.05) is 6.07 Å². The van der Waals surface area contributed by atoms with Gasteiger partial charge in [0.25, 0.3) is 5.91 Å². The molecule has 3 aromatic rings. The highest BCUT2D eigenvalue weighted by Crippen LogP contribution is 2.26. The van der Waals surface area contributed by atoms with Crippen molar-refractivity contribution >= 4 is 35.1 Å². The fourth-order valence-corrected chi connectivity index (χ4v) is 2.89. The quantitative estimate of drug-likeness (QED) is 0.505. The van der Waals surface area contributed by atoms with E-state index < -0.39 is 18.5 Å². The van der Waals surface area contributed by atoms with Crippen LogP contribution in [0.1, 0.15) is 28.9 Å². The van der Waals surface area contributed by atoms with E-state index in [-0.39, 0.29) is 17.5 Å². The molecule has 0 aliphatic carbocycles. The van der Waals surface area contributed by atoms with Gasteiger partial charge in [-0.2, -0.15) is 0 Å². The summed E-state index contributed by atoms with van der Waals surface area (Å²) in [6.07, 6.45) is 1.50. The Labute approximate surface area is 183 Å². The SMILES string of the molecule is CC(NC(=O)COC(=O)c1cccnc1Oc1ccccc1)c1ccc(Cl)c(Cl)c1. The Bertz CT molecular complexity index is 1040. The van der Waals surface area contributed by atoms with Gasteiger partial charge in [0, 0.05) is 6.20 Å². The van der Waals surface area contributed by atoms with Gasteiger partial charge < -0.3 is 14.8 Å². The van der Waals surface area contributed by atoms with Crippen LogP contribution in [0.15, 0.2) is 66.9 Å². The predicted octanol–water partition coefficient (Wildman–Crippen LogP) is 5.21. The van der Waals surface area contributed by atoms with Crippen LogP contribution in [-0.4, -0.2) is 23.5 Å². The van der Waals surface area contributed by atoms with Gasteiger partial charge in [-0.15, -0.1) is 0 Å². The molecule has 30 heavy (non-hydrogen) atoms. The molecule has 0 aliphatic heterocycles. The van der Waals surface area contributed by atoms with Crippen molar-refractivity contribution in [3.63, 3.8) is 0 Å². The van der Waals surface area contributed by atoms with Crippen molar-refractivity contribution in [3.05, 3.63) is 88.0 Å². The molecule has 0 saturated heterocycles. The van der Waals surface area contributed by atoms with Crippen LogP contribution in [0.4, 0.5) is 0 Å². The van der Waals surface area contributed by atoms with E-state index in [9.17, 15) is 9.59 Å². The minimum atomic E-state index is -0.716. The smallest absolute Gasteiger partial charge is 0.344 e. The standard InChI is InChI=1S/C22H18Cl2N2O4/c1-14(15-9-10-18(23)19(24)12-15)26-20(27)13-29-22(28)17-8-5-11-25-21(17)30-16-6-3-2-4-7-16/h2-12,14H,13H2,1H3,(H,26,27). The molecule has 1 atom stereocenters. The van der Waals surface area contributed by atoms with Crippen molar-refractivity contribution in [1.29, 1.82) is 0 Å². The summed E-state index contributed by atoms with van der Waals surface area (Å²) in [5.41, 5.74) is 0.890. The summed E-state index contributed by atoms with van der Waals surface area (Å²) in [4.78, 5) is 28.7. The number of aromatic nitrogens is 1. The molecule has 1 unspecified atom stereocenters. The van der Waals surface area contributed by atoms with E-state index in [0.29, 0.717) is 15.8 Å². The van der Waals surface area contributed by atoms with Gasteiger partial charge in [-0.05, 0) is 48.9 Å². The minimum Gasteiger partial charge on any atom is -0.452 e. The van der Waals surface area contributed by atoms with Crippen molar-refractivity contribution < 1.29 is 19.1 Å². The Hall–Kier alpha value is -3.09. The highest BCUT2D eigenvalue weighted by Gasteiger charge is 2.18. The number of esters is 1. The lowest BCUT2D eigenvalue weighted by molar-refractivity contribution is -0.124. The summed E-state index contributed by atoms with van der Waals surface area (Å²) in [5.74, 6) is -0.556. The normalized spacial score (nSPS) is 11.4. The average Bonchev–Trinajstić information content (AvgIpc) is 2.75. The third-order valence-corrected chi connectivity index (χ3v) is 4.84. The summed E-state index contributed by atoms with van der Waals surface area (Å²) >= 11 is 11.9. The molecule has 0 saturated carbocycles. The van der Waals surface area contributed by atoms with E-state index in [1.54, 1.807) is 55.5 Å². The number of hydrogen-bond donors (Lipinski definition) is 1. The van der Waals surface area contributed by atoms with Crippen molar-refractivity contribution in [3.8, 4) is 11.6 Å². The molecule has 1 aromatic heterocycles. The van der Waals surface area contributed by atoms with Crippen LogP contribution < -0.4 is 10.1 Å². The zero-order valence-corrected chi connectivity index (χ0v) is 17.5. The maximum Gasteiger partial charge on any atom is 0.344 e. The lowest BCUT2D eigenvalue weighted by atomic mass is 10.1. The maximum absolute atomic E-state index is 12.4. The lowest BCUT2D eigenvalue weighted by Crippen LogP contribution is -2.31. The summed E-state index contributed by atoms with van der Waals surface area (Å²) in [7, 11) is 0. The number of nitrogens with one attached hydrogen (secondary N) is 1. The van der Waals surface area contributed by atoms with Gasteiger partial charge in [0.05, 0.1) is 16.1 Å². The molecule has 154 valence electrons. The number of ether oxygens (including phenoxy) is 2. The summed E-state index contributed by atoms with van der Waals surface area (Å²) in [6, 6.07) is 16.8. The van der Waals surface area contributed by atoms with E-state index in [2.05, 4.69) is 10.3 Å². The van der Waals surface area contributed by atoms with Crippen molar-refractivity contribution in [1.82, 2.24) is 10.3 Å². The van der Waals surface area contributed by atoms with Gasteiger partial charge in [-0.1, -0.05) is 47.5 Å². The molecular weight excluding hydrogens is 427 g/mol. The van der Waals surface area contributed by atoms with E-state index in [0.717, 1.165) is 5.56 Å². The van der Waals surface area contributed by atoms with Gasteiger partial charge in [-0.25, -0.2) is 9.78 Å². The molecule has 0 bridgehead atoms. The van der Waals surface area contributed by atoms with Gasteiger partial charge in [0.2, 0.25) is 5.88 Å². The number of hydrogen-bond acceptors (Lipinski definition) is 5. The van der Waals surface area contributed by atoms with Crippen LogP contribution in [-0.2, 0) is 9.53 Å². The topological polar surface area (TPSA) is 77.5 Å². The Balaban J connectivity index is 1.59. The van der Waals surface area contributed by atoms with Crippen LogP contribution >= 0.6 is 23.2 Å². The van der Waals surface area contributed by atoms with Gasteiger partial charge >= 0.3 is 5.97 Å². The van der Waals surface area contributed by atoms with Crippen molar-refractivity contribution in [2.24, 2.45) is 0 Å². The molecule has 0 radical (unpaired) electrons. The summed E-state index contributed by atoms with van der Waals surface area (Å²) in [6.45, 7) is 1.33. The molecule has 0 fully saturated rings. The highest BCUT2D eigenvalue weighted by atomic mass is 35.5. The van der Waals surface area contributed by atoms with Crippen molar-refractivity contribution in [2.75, 3.05) is 6.61 Å². The van der Waals surface area contributed by atoms with Crippen LogP contribution in [0, 0.1) is 0 Å². The first-order valence-electron chi connectivity index (χ1n) is 9.03. The third-order valence-electron chi connectivity index (χ3n) is 4.10. The van der Waals surface area contributed by atoms with Crippen LogP contribution in [0.2, 0.25) is 10.0 Å². The zero-order chi connectivity index (χ0) is 21.5. The predicted molar refractivity (Wildman–Crippen MR) is 114 cm³/mol. The van der Waals surface area contributed by atoms with Gasteiger partial charge in [0.15, 0.2) is 6.61 Å². The zero-order valence-electron chi connectivity index (χ0n) is 16.0.